The van der Waals surface area contributed by atoms with E-state index in [-0.39, 0.29) is 12.4 Å². The molecule has 92 valence electrons. The van der Waals surface area contributed by atoms with Crippen LogP contribution in [-0.2, 0) is 11.2 Å². The highest BCUT2D eigenvalue weighted by atomic mass is 16.5. The summed E-state index contributed by atoms with van der Waals surface area (Å²) in [5.41, 5.74) is 2.20. The van der Waals surface area contributed by atoms with Gasteiger partial charge < -0.3 is 4.74 Å². The minimum absolute atomic E-state index is 0.0850. The van der Waals surface area contributed by atoms with Gasteiger partial charge in [0.15, 0.2) is 5.78 Å². The SMILES string of the molecule is Cc1ccc(OCC(=O)Cc2ccccc2)cc1. The Labute approximate surface area is 107 Å². The predicted octanol–water partition coefficient (Wildman–Crippen LogP) is 3.19. The fraction of sp³-hybridized carbons (Fsp3) is 0.188. The summed E-state index contributed by atoms with van der Waals surface area (Å²) in [6, 6.07) is 17.4. The van der Waals surface area contributed by atoms with E-state index in [1.165, 1.54) is 5.56 Å². The molecule has 0 fully saturated rings. The van der Waals surface area contributed by atoms with Gasteiger partial charge in [-0.15, -0.1) is 0 Å². The Balaban J connectivity index is 1.83. The summed E-state index contributed by atoms with van der Waals surface area (Å²) < 4.78 is 5.45. The molecule has 18 heavy (non-hydrogen) atoms. The Morgan fingerprint density at radius 2 is 1.67 bits per heavy atom. The molecular formula is C16H16O2. The van der Waals surface area contributed by atoms with Crippen molar-refractivity contribution in [3.05, 3.63) is 65.7 Å². The molecular weight excluding hydrogens is 224 g/mol. The van der Waals surface area contributed by atoms with Crippen LogP contribution in [0.2, 0.25) is 0 Å². The third-order valence-electron chi connectivity index (χ3n) is 2.66. The maximum atomic E-state index is 11.7. The van der Waals surface area contributed by atoms with Gasteiger partial charge in [0.2, 0.25) is 0 Å². The molecule has 0 bridgehead atoms. The second kappa shape index (κ2) is 6.01. The number of hydrogen-bond acceptors (Lipinski definition) is 2. The number of rotatable bonds is 5. The lowest BCUT2D eigenvalue weighted by Gasteiger charge is -2.05. The first-order valence-corrected chi connectivity index (χ1v) is 5.99. The highest BCUT2D eigenvalue weighted by molar-refractivity contribution is 5.82. The van der Waals surface area contributed by atoms with Crippen LogP contribution in [-0.4, -0.2) is 12.4 Å². The minimum Gasteiger partial charge on any atom is -0.486 e. The largest absolute Gasteiger partial charge is 0.486 e. The van der Waals surface area contributed by atoms with E-state index in [1.54, 1.807) is 0 Å². The van der Waals surface area contributed by atoms with E-state index in [4.69, 9.17) is 4.74 Å². The third-order valence-corrected chi connectivity index (χ3v) is 2.66. The quantitative estimate of drug-likeness (QED) is 0.802. The highest BCUT2D eigenvalue weighted by Gasteiger charge is 2.04. The second-order valence-electron chi connectivity index (χ2n) is 4.30. The van der Waals surface area contributed by atoms with Gasteiger partial charge in [0.05, 0.1) is 0 Å². The Kier molecular flexibility index (Phi) is 4.13. The monoisotopic (exact) mass is 240 g/mol. The first-order chi connectivity index (χ1) is 8.74. The van der Waals surface area contributed by atoms with Crippen LogP contribution in [0.1, 0.15) is 11.1 Å². The number of carbonyl (C=O) groups excluding carboxylic acids is 1. The Morgan fingerprint density at radius 3 is 2.33 bits per heavy atom. The van der Waals surface area contributed by atoms with Crippen LogP contribution in [0.15, 0.2) is 54.6 Å². The second-order valence-corrected chi connectivity index (χ2v) is 4.30. The fourth-order valence-electron chi connectivity index (χ4n) is 1.67. The molecule has 0 spiro atoms. The zero-order chi connectivity index (χ0) is 12.8. The molecule has 0 aromatic heterocycles. The van der Waals surface area contributed by atoms with Crippen LogP contribution in [0.25, 0.3) is 0 Å². The van der Waals surface area contributed by atoms with Crippen molar-refractivity contribution in [1.82, 2.24) is 0 Å². The van der Waals surface area contributed by atoms with Crippen LogP contribution in [0.3, 0.4) is 0 Å². The smallest absolute Gasteiger partial charge is 0.174 e. The van der Waals surface area contributed by atoms with Crippen molar-refractivity contribution in [2.45, 2.75) is 13.3 Å². The molecule has 2 rings (SSSR count). The number of aryl methyl sites for hydroxylation is 1. The molecule has 0 saturated carbocycles. The van der Waals surface area contributed by atoms with Crippen LogP contribution < -0.4 is 4.74 Å². The molecule has 0 amide bonds. The zero-order valence-corrected chi connectivity index (χ0v) is 10.4. The van der Waals surface area contributed by atoms with Crippen LogP contribution in [0.5, 0.6) is 5.75 Å². The van der Waals surface area contributed by atoms with Crippen molar-refractivity contribution >= 4 is 5.78 Å². The molecule has 0 saturated heterocycles. The molecule has 2 nitrogen and oxygen atoms in total. The average molecular weight is 240 g/mol. The van der Waals surface area contributed by atoms with Gasteiger partial charge >= 0.3 is 0 Å². The normalized spacial score (nSPS) is 10.1. The topological polar surface area (TPSA) is 26.3 Å². The fourth-order valence-corrected chi connectivity index (χ4v) is 1.67. The van der Waals surface area contributed by atoms with Gasteiger partial charge in [-0.25, -0.2) is 0 Å². The van der Waals surface area contributed by atoms with Gasteiger partial charge in [0, 0.05) is 6.42 Å². The van der Waals surface area contributed by atoms with E-state index in [1.807, 2.05) is 61.5 Å². The maximum Gasteiger partial charge on any atom is 0.174 e. The summed E-state index contributed by atoms with van der Waals surface area (Å²) in [5, 5.41) is 0. The standard InChI is InChI=1S/C16H16O2/c1-13-7-9-16(10-8-13)18-12-15(17)11-14-5-3-2-4-6-14/h2-10H,11-12H2,1H3. The van der Waals surface area contributed by atoms with Gasteiger partial charge in [-0.1, -0.05) is 48.0 Å². The summed E-state index contributed by atoms with van der Waals surface area (Å²) in [7, 11) is 0. The Morgan fingerprint density at radius 1 is 1.00 bits per heavy atom. The number of benzene rings is 2. The molecule has 0 aliphatic heterocycles. The molecule has 0 heterocycles. The lowest BCUT2D eigenvalue weighted by molar-refractivity contribution is -0.120. The van der Waals surface area contributed by atoms with Crippen molar-refractivity contribution in [3.63, 3.8) is 0 Å². The summed E-state index contributed by atoms with van der Waals surface area (Å²) in [6.45, 7) is 2.14. The molecule has 2 aromatic carbocycles. The first-order valence-electron chi connectivity index (χ1n) is 5.99. The van der Waals surface area contributed by atoms with Gasteiger partial charge in [-0.05, 0) is 24.6 Å². The number of hydrogen-bond donors (Lipinski definition) is 0. The van der Waals surface area contributed by atoms with E-state index in [9.17, 15) is 4.79 Å². The van der Waals surface area contributed by atoms with Gasteiger partial charge in [0.1, 0.15) is 12.4 Å². The molecule has 0 unspecified atom stereocenters. The van der Waals surface area contributed by atoms with E-state index in [0.717, 1.165) is 11.3 Å². The molecule has 0 radical (unpaired) electrons. The van der Waals surface area contributed by atoms with E-state index < -0.39 is 0 Å². The van der Waals surface area contributed by atoms with Crippen molar-refractivity contribution in [3.8, 4) is 5.75 Å². The molecule has 2 heteroatoms. The van der Waals surface area contributed by atoms with E-state index in [2.05, 4.69) is 0 Å². The van der Waals surface area contributed by atoms with E-state index in [0.29, 0.717) is 6.42 Å². The number of Topliss-reactive ketones (excluding diaryl/α,β-unsaturated/α-hetero) is 1. The molecule has 0 atom stereocenters. The molecule has 2 aromatic rings. The van der Waals surface area contributed by atoms with Crippen molar-refractivity contribution in [1.29, 1.82) is 0 Å². The Bertz CT molecular complexity index is 500. The lowest BCUT2D eigenvalue weighted by Crippen LogP contribution is -2.13. The van der Waals surface area contributed by atoms with Gasteiger partial charge in [-0.3, -0.25) is 4.79 Å². The minimum atomic E-state index is 0.0850. The van der Waals surface area contributed by atoms with Gasteiger partial charge in [-0.2, -0.15) is 0 Å². The average Bonchev–Trinajstić information content (AvgIpc) is 2.39. The van der Waals surface area contributed by atoms with Crippen LogP contribution in [0, 0.1) is 6.92 Å². The number of ether oxygens (including phenoxy) is 1. The highest BCUT2D eigenvalue weighted by Crippen LogP contribution is 2.11. The number of ketones is 1. The first kappa shape index (κ1) is 12.4. The summed E-state index contributed by atoms with van der Waals surface area (Å²) in [6.07, 6.45) is 0.423. The third kappa shape index (κ3) is 3.74. The summed E-state index contributed by atoms with van der Waals surface area (Å²) >= 11 is 0. The lowest BCUT2D eigenvalue weighted by atomic mass is 10.1. The van der Waals surface area contributed by atoms with E-state index >= 15 is 0 Å². The Hall–Kier alpha value is -2.09. The number of carbonyl (C=O) groups is 1. The molecule has 0 N–H and O–H groups in total. The van der Waals surface area contributed by atoms with Crippen molar-refractivity contribution in [2.24, 2.45) is 0 Å². The summed E-state index contributed by atoms with van der Waals surface area (Å²) in [4.78, 5) is 11.7. The van der Waals surface area contributed by atoms with Gasteiger partial charge in [0.25, 0.3) is 0 Å². The zero-order valence-electron chi connectivity index (χ0n) is 10.4. The van der Waals surface area contributed by atoms with Crippen LogP contribution >= 0.6 is 0 Å². The van der Waals surface area contributed by atoms with Crippen LogP contribution in [0.4, 0.5) is 0 Å². The molecule has 0 aliphatic rings. The summed E-state index contributed by atoms with van der Waals surface area (Å²) in [5.74, 6) is 0.823. The predicted molar refractivity (Wildman–Crippen MR) is 71.8 cm³/mol. The van der Waals surface area contributed by atoms with Crippen molar-refractivity contribution < 1.29 is 9.53 Å². The van der Waals surface area contributed by atoms with Crippen molar-refractivity contribution in [2.75, 3.05) is 6.61 Å². The maximum absolute atomic E-state index is 11.7. The molecule has 0 aliphatic carbocycles.